The van der Waals surface area contributed by atoms with E-state index in [-0.39, 0.29) is 5.97 Å². The molecular formula is C33H38O7. The van der Waals surface area contributed by atoms with E-state index >= 15 is 0 Å². The zero-order chi connectivity index (χ0) is 28.0. The number of benzene rings is 3. The van der Waals surface area contributed by atoms with E-state index in [1.807, 2.05) is 103 Å². The summed E-state index contributed by atoms with van der Waals surface area (Å²) in [6, 6.07) is 30.0. The zero-order valence-corrected chi connectivity index (χ0v) is 23.1. The van der Waals surface area contributed by atoms with Gasteiger partial charge in [0.25, 0.3) is 0 Å². The molecule has 0 aliphatic carbocycles. The smallest absolute Gasteiger partial charge is 0.302 e. The van der Waals surface area contributed by atoms with Gasteiger partial charge < -0.3 is 28.4 Å². The molecule has 0 unspecified atom stereocenters. The summed E-state index contributed by atoms with van der Waals surface area (Å²) < 4.78 is 36.8. The van der Waals surface area contributed by atoms with Crippen LogP contribution >= 0.6 is 0 Å². The van der Waals surface area contributed by atoms with Gasteiger partial charge in [0.1, 0.15) is 24.4 Å². The molecule has 0 saturated carbocycles. The molecule has 3 aromatic carbocycles. The van der Waals surface area contributed by atoms with Crippen molar-refractivity contribution >= 4 is 5.97 Å². The van der Waals surface area contributed by atoms with E-state index in [1.54, 1.807) is 7.11 Å². The van der Waals surface area contributed by atoms with E-state index in [1.165, 1.54) is 6.92 Å². The number of esters is 1. The molecular weight excluding hydrogens is 508 g/mol. The van der Waals surface area contributed by atoms with E-state index in [0.29, 0.717) is 32.8 Å². The van der Waals surface area contributed by atoms with Gasteiger partial charge in [0.15, 0.2) is 6.29 Å². The Labute approximate surface area is 236 Å². The van der Waals surface area contributed by atoms with Crippen LogP contribution < -0.4 is 0 Å². The maximum absolute atomic E-state index is 11.2. The Balaban J connectivity index is 1.59. The minimum atomic E-state index is -0.691. The monoisotopic (exact) mass is 546 g/mol. The number of ether oxygens (including phenoxy) is 6. The quantitative estimate of drug-likeness (QED) is 0.148. The number of rotatable bonds is 14. The minimum absolute atomic E-state index is 0.290. The second kappa shape index (κ2) is 16.1. The molecule has 40 heavy (non-hydrogen) atoms. The molecule has 7 nitrogen and oxygen atoms in total. The van der Waals surface area contributed by atoms with E-state index in [0.717, 1.165) is 16.7 Å². The van der Waals surface area contributed by atoms with Crippen LogP contribution in [0.4, 0.5) is 0 Å². The molecule has 1 fully saturated rings. The number of methoxy groups -OCH3 is 1. The van der Waals surface area contributed by atoms with Crippen LogP contribution in [-0.4, -0.2) is 50.4 Å². The summed E-state index contributed by atoms with van der Waals surface area (Å²) >= 11 is 0. The summed E-state index contributed by atoms with van der Waals surface area (Å²) in [4.78, 5) is 11.2. The molecule has 5 atom stereocenters. The lowest BCUT2D eigenvalue weighted by molar-refractivity contribution is -0.309. The summed E-state index contributed by atoms with van der Waals surface area (Å²) in [6.07, 6.45) is 1.67. The molecule has 1 aliphatic rings. The molecule has 0 spiro atoms. The summed E-state index contributed by atoms with van der Waals surface area (Å²) in [5.41, 5.74) is 3.12. The SMILES string of the molecule is CO[C@H]1O[C@H](/C=C/CCOC(C)=O)[C@@H](OCc2ccccc2)[C@H](OCc2ccccc2)[C@H]1OCc1ccccc1. The molecule has 0 bridgehead atoms. The lowest BCUT2D eigenvalue weighted by Gasteiger charge is -2.45. The third-order valence-corrected chi connectivity index (χ3v) is 6.53. The number of hydrogen-bond acceptors (Lipinski definition) is 7. The van der Waals surface area contributed by atoms with Gasteiger partial charge in [-0.2, -0.15) is 0 Å². The average Bonchev–Trinajstić information content (AvgIpc) is 2.99. The Morgan fingerprint density at radius 3 is 1.68 bits per heavy atom. The minimum Gasteiger partial charge on any atom is -0.466 e. The van der Waals surface area contributed by atoms with Crippen LogP contribution in [0.15, 0.2) is 103 Å². The van der Waals surface area contributed by atoms with Crippen LogP contribution in [0, 0.1) is 0 Å². The normalized spacial score (nSPS) is 22.8. The van der Waals surface area contributed by atoms with Crippen molar-refractivity contribution in [1.82, 2.24) is 0 Å². The van der Waals surface area contributed by atoms with Crippen LogP contribution in [0.5, 0.6) is 0 Å². The van der Waals surface area contributed by atoms with Gasteiger partial charge in [0, 0.05) is 14.0 Å². The van der Waals surface area contributed by atoms with Gasteiger partial charge in [0.2, 0.25) is 0 Å². The Morgan fingerprint density at radius 2 is 1.20 bits per heavy atom. The van der Waals surface area contributed by atoms with Crippen molar-refractivity contribution in [2.45, 2.75) is 63.9 Å². The molecule has 0 radical (unpaired) electrons. The number of carbonyl (C=O) groups is 1. The summed E-state index contributed by atoms with van der Waals surface area (Å²) in [6.45, 7) is 2.81. The fraction of sp³-hybridized carbons (Fsp3) is 0.364. The van der Waals surface area contributed by atoms with Gasteiger partial charge in [-0.15, -0.1) is 0 Å². The Bertz CT molecular complexity index is 1150. The molecule has 4 rings (SSSR count). The maximum atomic E-state index is 11.2. The van der Waals surface area contributed by atoms with Crippen LogP contribution in [0.2, 0.25) is 0 Å². The molecule has 1 heterocycles. The lowest BCUT2D eigenvalue weighted by Crippen LogP contribution is -2.60. The van der Waals surface area contributed by atoms with E-state index in [4.69, 9.17) is 28.4 Å². The molecule has 0 N–H and O–H groups in total. The van der Waals surface area contributed by atoms with E-state index in [9.17, 15) is 4.79 Å². The second-order valence-corrected chi connectivity index (χ2v) is 9.55. The first kappa shape index (κ1) is 29.6. The van der Waals surface area contributed by atoms with Crippen LogP contribution in [0.1, 0.15) is 30.0 Å². The number of hydrogen-bond donors (Lipinski definition) is 0. The molecule has 212 valence electrons. The molecule has 0 amide bonds. The van der Waals surface area contributed by atoms with Crippen molar-refractivity contribution in [1.29, 1.82) is 0 Å². The second-order valence-electron chi connectivity index (χ2n) is 9.55. The van der Waals surface area contributed by atoms with Gasteiger partial charge in [-0.1, -0.05) is 103 Å². The van der Waals surface area contributed by atoms with Crippen molar-refractivity contribution in [2.24, 2.45) is 0 Å². The molecule has 3 aromatic rings. The van der Waals surface area contributed by atoms with Gasteiger partial charge >= 0.3 is 5.97 Å². The van der Waals surface area contributed by atoms with Crippen LogP contribution in [-0.2, 0) is 53.0 Å². The maximum Gasteiger partial charge on any atom is 0.302 e. The first-order chi connectivity index (χ1) is 19.6. The number of carbonyl (C=O) groups excluding carboxylic acids is 1. The average molecular weight is 547 g/mol. The summed E-state index contributed by atoms with van der Waals surface area (Å²) in [5, 5.41) is 0. The van der Waals surface area contributed by atoms with Crippen molar-refractivity contribution in [2.75, 3.05) is 13.7 Å². The Hall–Kier alpha value is -3.33. The first-order valence-corrected chi connectivity index (χ1v) is 13.6. The Morgan fingerprint density at radius 1 is 0.725 bits per heavy atom. The summed E-state index contributed by atoms with van der Waals surface area (Å²) in [7, 11) is 1.60. The predicted octanol–water partition coefficient (Wildman–Crippen LogP) is 5.62. The van der Waals surface area contributed by atoms with Crippen molar-refractivity contribution < 1.29 is 33.2 Å². The predicted molar refractivity (Wildman–Crippen MR) is 151 cm³/mol. The topological polar surface area (TPSA) is 72.5 Å². The third-order valence-electron chi connectivity index (χ3n) is 6.53. The molecule has 0 aromatic heterocycles. The van der Waals surface area contributed by atoms with Crippen LogP contribution in [0.25, 0.3) is 0 Å². The molecule has 1 aliphatic heterocycles. The fourth-order valence-corrected chi connectivity index (χ4v) is 4.54. The van der Waals surface area contributed by atoms with Gasteiger partial charge in [-0.3, -0.25) is 4.79 Å². The zero-order valence-electron chi connectivity index (χ0n) is 23.1. The highest BCUT2D eigenvalue weighted by Gasteiger charge is 2.47. The van der Waals surface area contributed by atoms with Crippen molar-refractivity contribution in [3.8, 4) is 0 Å². The lowest BCUT2D eigenvalue weighted by atomic mass is 9.97. The van der Waals surface area contributed by atoms with E-state index < -0.39 is 30.7 Å². The van der Waals surface area contributed by atoms with E-state index in [2.05, 4.69) is 0 Å². The largest absolute Gasteiger partial charge is 0.466 e. The summed E-state index contributed by atoms with van der Waals surface area (Å²) in [5.74, 6) is -0.307. The van der Waals surface area contributed by atoms with Gasteiger partial charge in [-0.25, -0.2) is 0 Å². The van der Waals surface area contributed by atoms with Crippen LogP contribution in [0.3, 0.4) is 0 Å². The van der Waals surface area contributed by atoms with Crippen molar-refractivity contribution in [3.05, 3.63) is 120 Å². The highest BCUT2D eigenvalue weighted by Crippen LogP contribution is 2.31. The molecule has 7 heteroatoms. The molecule has 1 saturated heterocycles. The highest BCUT2D eigenvalue weighted by molar-refractivity contribution is 5.65. The third kappa shape index (κ3) is 9.11. The highest BCUT2D eigenvalue weighted by atomic mass is 16.7. The first-order valence-electron chi connectivity index (χ1n) is 13.6. The fourth-order valence-electron chi connectivity index (χ4n) is 4.54. The van der Waals surface area contributed by atoms with Crippen molar-refractivity contribution in [3.63, 3.8) is 0 Å². The Kier molecular flexibility index (Phi) is 11.9. The van der Waals surface area contributed by atoms with Gasteiger partial charge in [-0.05, 0) is 23.1 Å². The standard InChI is InChI=1S/C33H38O7/c1-25(34)36-21-13-12-20-29-30(37-22-26-14-6-3-7-15-26)31(38-23-27-16-8-4-9-17-27)32(33(35-2)40-29)39-24-28-18-10-5-11-19-28/h3-12,14-20,29-33H,13,21-24H2,1-2H3/b20-12+/t29-,30-,31+,32-,33+/m1/s1. The van der Waals surface area contributed by atoms with Gasteiger partial charge in [0.05, 0.1) is 26.4 Å².